The Morgan fingerprint density at radius 2 is 1.67 bits per heavy atom. The molecular formula is C44H60N6O9S. The van der Waals surface area contributed by atoms with E-state index in [0.29, 0.717) is 29.7 Å². The van der Waals surface area contributed by atoms with Crippen molar-refractivity contribution in [3.05, 3.63) is 61.2 Å². The lowest BCUT2D eigenvalue weighted by Gasteiger charge is -2.38. The Kier molecular flexibility index (Phi) is 13.2. The molecule has 2 aliphatic rings. The highest BCUT2D eigenvalue weighted by atomic mass is 32.2. The number of pyridine rings is 1. The molecule has 3 N–H and O–H groups in total. The highest BCUT2D eigenvalue weighted by Crippen LogP contribution is 2.37. The van der Waals surface area contributed by atoms with Gasteiger partial charge in [-0.1, -0.05) is 52.0 Å². The van der Waals surface area contributed by atoms with Gasteiger partial charge in [-0.3, -0.25) is 19.1 Å². The van der Waals surface area contributed by atoms with Crippen LogP contribution in [-0.4, -0.2) is 104 Å². The van der Waals surface area contributed by atoms with Crippen molar-refractivity contribution in [3.8, 4) is 22.9 Å². The standard InChI is InChI=1S/C44H60N6O9S/c1-13-26(2)44(9,40(53)48-60(55,56)30-19-20-30)47-37(51)35-24-29(25-50(35)39(52)36(42(3,4)5)46-41(54)59-43(6,7)8)58-38-31-21-18-28(57-12)22-27(31)23-33(45-38)32-16-14-15-17-34(32)49(10)11/h13-18,21-23,26,29-30,35-36H,1,19-20,24-25H2,2-12H3,(H,46,54)(H,47,51)(H,48,53)/t26?,29-,35+,36-,44-/m1/s1. The number of nitrogens with one attached hydrogen (secondary N) is 3. The number of rotatable bonds is 14. The smallest absolute Gasteiger partial charge is 0.408 e. The normalized spacial score (nSPS) is 19.0. The summed E-state index contributed by atoms with van der Waals surface area (Å²) in [6.07, 6.45) is 0.637. The summed E-state index contributed by atoms with van der Waals surface area (Å²) < 4.78 is 45.7. The summed E-state index contributed by atoms with van der Waals surface area (Å²) in [5, 5.41) is 6.27. The van der Waals surface area contributed by atoms with Crippen molar-refractivity contribution >= 4 is 50.3 Å². The van der Waals surface area contributed by atoms with E-state index >= 15 is 0 Å². The number of hydrogen-bond donors (Lipinski definition) is 3. The van der Waals surface area contributed by atoms with Crippen LogP contribution in [0.4, 0.5) is 10.5 Å². The molecule has 5 rings (SSSR count). The molecule has 0 bridgehead atoms. The first kappa shape index (κ1) is 45.7. The maximum absolute atomic E-state index is 14.8. The van der Waals surface area contributed by atoms with Gasteiger partial charge in [0.05, 0.1) is 24.6 Å². The van der Waals surface area contributed by atoms with E-state index in [9.17, 15) is 27.6 Å². The zero-order valence-electron chi connectivity index (χ0n) is 36.5. The fourth-order valence-corrected chi connectivity index (χ4v) is 8.45. The zero-order chi connectivity index (χ0) is 44.5. The second-order valence-corrected chi connectivity index (χ2v) is 20.1. The topological polar surface area (TPSA) is 186 Å². The Morgan fingerprint density at radius 1 is 1.00 bits per heavy atom. The van der Waals surface area contributed by atoms with Crippen molar-refractivity contribution in [3.63, 3.8) is 0 Å². The fourth-order valence-electron chi connectivity index (χ4n) is 7.06. The van der Waals surface area contributed by atoms with Crippen LogP contribution in [0.1, 0.15) is 74.7 Å². The molecule has 15 nitrogen and oxygen atoms in total. The second kappa shape index (κ2) is 17.3. The fraction of sp³-hybridized carbons (Fsp3) is 0.523. The number of amides is 4. The number of benzene rings is 2. The number of alkyl carbamates (subject to hydrolysis) is 1. The third kappa shape index (κ3) is 10.3. The van der Waals surface area contributed by atoms with E-state index in [0.717, 1.165) is 16.6 Å². The molecular weight excluding hydrogens is 789 g/mol. The van der Waals surface area contributed by atoms with Gasteiger partial charge >= 0.3 is 6.09 Å². The van der Waals surface area contributed by atoms with Crippen molar-refractivity contribution in [1.29, 1.82) is 0 Å². The molecule has 2 aromatic carbocycles. The number of anilines is 1. The van der Waals surface area contributed by atoms with Crippen molar-refractivity contribution in [2.24, 2.45) is 11.3 Å². The monoisotopic (exact) mass is 848 g/mol. The predicted molar refractivity (Wildman–Crippen MR) is 231 cm³/mol. The molecule has 1 saturated carbocycles. The summed E-state index contributed by atoms with van der Waals surface area (Å²) >= 11 is 0. The van der Waals surface area contributed by atoms with Gasteiger partial charge in [0.25, 0.3) is 5.91 Å². The van der Waals surface area contributed by atoms with E-state index in [1.807, 2.05) is 61.5 Å². The van der Waals surface area contributed by atoms with Crippen LogP contribution < -0.4 is 29.7 Å². The van der Waals surface area contributed by atoms with Gasteiger partial charge in [0.1, 0.15) is 35.1 Å². The summed E-state index contributed by atoms with van der Waals surface area (Å²) in [6.45, 7) is 17.2. The molecule has 5 atom stereocenters. The lowest BCUT2D eigenvalue weighted by atomic mass is 9.85. The maximum atomic E-state index is 14.8. The van der Waals surface area contributed by atoms with Crippen LogP contribution in [0.5, 0.6) is 11.6 Å². The van der Waals surface area contributed by atoms with Crippen LogP contribution in [-0.2, 0) is 29.1 Å². The molecule has 0 radical (unpaired) electrons. The average Bonchev–Trinajstić information content (AvgIpc) is 3.95. The Balaban J connectivity index is 1.57. The Bertz CT molecular complexity index is 2250. The number of likely N-dealkylation sites (tertiary alicyclic amines) is 1. The first-order valence-corrected chi connectivity index (χ1v) is 21.7. The molecule has 1 aromatic heterocycles. The minimum atomic E-state index is -3.98. The van der Waals surface area contributed by atoms with Gasteiger partial charge in [0, 0.05) is 43.1 Å². The summed E-state index contributed by atoms with van der Waals surface area (Å²) in [5.41, 5.74) is -1.13. The largest absolute Gasteiger partial charge is 0.497 e. The Hall–Kier alpha value is -5.38. The summed E-state index contributed by atoms with van der Waals surface area (Å²) in [4.78, 5) is 64.7. The maximum Gasteiger partial charge on any atom is 0.408 e. The Morgan fingerprint density at radius 3 is 2.25 bits per heavy atom. The first-order valence-electron chi connectivity index (χ1n) is 20.1. The third-order valence-electron chi connectivity index (χ3n) is 10.9. The summed E-state index contributed by atoms with van der Waals surface area (Å²) in [6, 6.07) is 12.8. The average molecular weight is 849 g/mol. The van der Waals surface area contributed by atoms with Crippen molar-refractivity contribution in [1.82, 2.24) is 25.2 Å². The van der Waals surface area contributed by atoms with Gasteiger partial charge in [-0.15, -0.1) is 6.58 Å². The number of carbonyl (C=O) groups excluding carboxylic acids is 4. The molecule has 2 fully saturated rings. The van der Waals surface area contributed by atoms with Crippen LogP contribution in [0, 0.1) is 11.3 Å². The van der Waals surface area contributed by atoms with Gasteiger partial charge in [-0.25, -0.2) is 18.2 Å². The molecule has 0 spiro atoms. The van der Waals surface area contributed by atoms with E-state index in [-0.39, 0.29) is 18.8 Å². The number of nitrogens with zero attached hydrogens (tertiary/aromatic N) is 3. The van der Waals surface area contributed by atoms with E-state index in [4.69, 9.17) is 19.2 Å². The summed E-state index contributed by atoms with van der Waals surface area (Å²) in [5.74, 6) is -2.12. The minimum Gasteiger partial charge on any atom is -0.497 e. The molecule has 4 amide bonds. The molecule has 326 valence electrons. The van der Waals surface area contributed by atoms with Crippen molar-refractivity contribution in [2.45, 2.75) is 109 Å². The van der Waals surface area contributed by atoms with Crippen molar-refractivity contribution < 1.29 is 41.8 Å². The number of fused-ring (bicyclic) bond motifs is 1. The highest BCUT2D eigenvalue weighted by molar-refractivity contribution is 7.91. The Labute approximate surface area is 353 Å². The van der Waals surface area contributed by atoms with Gasteiger partial charge < -0.3 is 34.6 Å². The van der Waals surface area contributed by atoms with Gasteiger partial charge in [-0.05, 0) is 81.7 Å². The van der Waals surface area contributed by atoms with Gasteiger partial charge in [0.15, 0.2) is 0 Å². The zero-order valence-corrected chi connectivity index (χ0v) is 37.4. The molecule has 2 heterocycles. The number of ether oxygens (including phenoxy) is 3. The number of sulfonamides is 1. The molecule has 16 heteroatoms. The molecule has 1 saturated heterocycles. The second-order valence-electron chi connectivity index (χ2n) is 18.1. The van der Waals surface area contributed by atoms with E-state index in [1.165, 1.54) is 17.9 Å². The van der Waals surface area contributed by atoms with E-state index < -0.39 is 79.7 Å². The molecule has 1 aliphatic heterocycles. The number of aromatic nitrogens is 1. The number of para-hydroxylation sites is 1. The van der Waals surface area contributed by atoms with Crippen LogP contribution >= 0.6 is 0 Å². The molecule has 1 unspecified atom stereocenters. The van der Waals surface area contributed by atoms with Crippen LogP contribution in [0.3, 0.4) is 0 Å². The number of carbonyl (C=O) groups is 4. The first-order chi connectivity index (χ1) is 27.9. The number of methoxy groups -OCH3 is 1. The molecule has 3 aromatic rings. The predicted octanol–water partition coefficient (Wildman–Crippen LogP) is 5.57. The quantitative estimate of drug-likeness (QED) is 0.172. The molecule has 1 aliphatic carbocycles. The number of hydrogen-bond acceptors (Lipinski definition) is 11. The summed E-state index contributed by atoms with van der Waals surface area (Å²) in [7, 11) is 1.48. The van der Waals surface area contributed by atoms with Crippen LogP contribution in [0.2, 0.25) is 0 Å². The van der Waals surface area contributed by atoms with Crippen molar-refractivity contribution in [2.75, 3.05) is 32.6 Å². The van der Waals surface area contributed by atoms with Gasteiger partial charge in [0.2, 0.25) is 27.7 Å². The third-order valence-corrected chi connectivity index (χ3v) is 12.7. The lowest BCUT2D eigenvalue weighted by Crippen LogP contribution is -2.64. The lowest BCUT2D eigenvalue weighted by molar-refractivity contribution is -0.143. The highest BCUT2D eigenvalue weighted by Gasteiger charge is 2.50. The SMILES string of the molecule is C=CC(C)[C@@](C)(NC(=O)[C@@H]1C[C@@H](Oc2nc(-c3ccccc3N(C)C)cc3cc(OC)ccc23)CN1C(=O)[C@@H](NC(=O)OC(C)(C)C)C(C)(C)C)C(=O)NS(=O)(=O)C1CC1. The molecule has 60 heavy (non-hydrogen) atoms. The minimum absolute atomic E-state index is 0.0424. The van der Waals surface area contributed by atoms with E-state index in [2.05, 4.69) is 21.9 Å². The van der Waals surface area contributed by atoms with Crippen LogP contribution in [0.15, 0.2) is 61.2 Å². The van der Waals surface area contributed by atoms with Gasteiger partial charge in [-0.2, -0.15) is 0 Å². The van der Waals surface area contributed by atoms with E-state index in [1.54, 1.807) is 61.6 Å². The van der Waals surface area contributed by atoms with Crippen LogP contribution in [0.25, 0.3) is 22.0 Å².